The molecule has 0 bridgehead atoms. The third kappa shape index (κ3) is 2.58. The quantitative estimate of drug-likeness (QED) is 0.774. The summed E-state index contributed by atoms with van der Waals surface area (Å²) >= 11 is 1.86. The van der Waals surface area contributed by atoms with Gasteiger partial charge in [-0.15, -0.1) is 0 Å². The van der Waals surface area contributed by atoms with Crippen LogP contribution in [0.1, 0.15) is 5.56 Å². The fourth-order valence-electron chi connectivity index (χ4n) is 1.40. The molecule has 0 saturated carbocycles. The van der Waals surface area contributed by atoms with Gasteiger partial charge in [0.25, 0.3) is 0 Å². The zero-order valence-corrected chi connectivity index (χ0v) is 9.90. The van der Waals surface area contributed by atoms with Crippen LogP contribution in [0.5, 0.6) is 0 Å². The van der Waals surface area contributed by atoms with Gasteiger partial charge >= 0.3 is 0 Å². The molecule has 0 fully saturated rings. The molecule has 0 amide bonds. The lowest BCUT2D eigenvalue weighted by Gasteiger charge is -2.21. The maximum atomic E-state index is 5.86. The van der Waals surface area contributed by atoms with Crippen LogP contribution in [0.4, 0.5) is 11.4 Å². The van der Waals surface area contributed by atoms with E-state index < -0.39 is 0 Å². The number of hydrogen-bond acceptors (Lipinski definition) is 3. The number of nitrogens with two attached hydrogens (primary N) is 1. The Morgan fingerprint density at radius 3 is 2.79 bits per heavy atom. The van der Waals surface area contributed by atoms with Crippen molar-refractivity contribution in [3.63, 3.8) is 0 Å². The second kappa shape index (κ2) is 5.15. The Labute approximate surface area is 90.5 Å². The first-order valence-electron chi connectivity index (χ1n) is 4.72. The van der Waals surface area contributed by atoms with Gasteiger partial charge in [-0.25, -0.2) is 0 Å². The van der Waals surface area contributed by atoms with E-state index in [4.69, 9.17) is 5.73 Å². The summed E-state index contributed by atoms with van der Waals surface area (Å²) in [5.41, 5.74) is 9.14. The van der Waals surface area contributed by atoms with Crippen LogP contribution < -0.4 is 10.6 Å². The summed E-state index contributed by atoms with van der Waals surface area (Å²) in [6.45, 7) is 3.13. The van der Waals surface area contributed by atoms with Crippen molar-refractivity contribution in [3.05, 3.63) is 23.8 Å². The van der Waals surface area contributed by atoms with E-state index in [0.29, 0.717) is 0 Å². The van der Waals surface area contributed by atoms with Crippen LogP contribution in [0.2, 0.25) is 0 Å². The van der Waals surface area contributed by atoms with E-state index in [0.717, 1.165) is 18.0 Å². The first-order chi connectivity index (χ1) is 6.66. The van der Waals surface area contributed by atoms with Gasteiger partial charge in [0.15, 0.2) is 0 Å². The van der Waals surface area contributed by atoms with E-state index in [9.17, 15) is 0 Å². The molecule has 14 heavy (non-hydrogen) atoms. The van der Waals surface area contributed by atoms with Crippen molar-refractivity contribution in [2.24, 2.45) is 0 Å². The molecule has 78 valence electrons. The minimum absolute atomic E-state index is 0.874. The van der Waals surface area contributed by atoms with Crippen molar-refractivity contribution in [3.8, 4) is 0 Å². The van der Waals surface area contributed by atoms with E-state index in [1.807, 2.05) is 23.9 Å². The Balaban J connectivity index is 2.79. The van der Waals surface area contributed by atoms with Crippen molar-refractivity contribution < 1.29 is 0 Å². The third-order valence-electron chi connectivity index (χ3n) is 2.39. The van der Waals surface area contributed by atoms with Gasteiger partial charge in [0.1, 0.15) is 0 Å². The highest BCUT2D eigenvalue weighted by Crippen LogP contribution is 2.23. The van der Waals surface area contributed by atoms with Crippen LogP contribution in [0.15, 0.2) is 18.2 Å². The molecule has 1 rings (SSSR count). The maximum Gasteiger partial charge on any atom is 0.0414 e. The van der Waals surface area contributed by atoms with Gasteiger partial charge in [-0.1, -0.05) is 6.07 Å². The Hall–Kier alpha value is -0.830. The Morgan fingerprint density at radius 2 is 2.14 bits per heavy atom. The van der Waals surface area contributed by atoms with Crippen molar-refractivity contribution in [1.82, 2.24) is 0 Å². The lowest BCUT2D eigenvalue weighted by Crippen LogP contribution is -2.21. The molecule has 0 unspecified atom stereocenters. The summed E-state index contributed by atoms with van der Waals surface area (Å²) in [6, 6.07) is 6.07. The normalized spacial score (nSPS) is 10.2. The highest BCUT2D eigenvalue weighted by molar-refractivity contribution is 7.98. The average molecular weight is 210 g/mol. The molecule has 1 aromatic rings. The first kappa shape index (κ1) is 11.2. The molecule has 3 heteroatoms. The molecule has 1 aromatic carbocycles. The summed E-state index contributed by atoms with van der Waals surface area (Å²) in [5.74, 6) is 1.14. The van der Waals surface area contributed by atoms with Crippen LogP contribution in [0.3, 0.4) is 0 Å². The van der Waals surface area contributed by atoms with Gasteiger partial charge in [0.2, 0.25) is 0 Å². The zero-order chi connectivity index (χ0) is 10.6. The molecule has 2 nitrogen and oxygen atoms in total. The van der Waals surface area contributed by atoms with Gasteiger partial charge in [-0.05, 0) is 30.9 Å². The third-order valence-corrected chi connectivity index (χ3v) is 2.98. The van der Waals surface area contributed by atoms with E-state index >= 15 is 0 Å². The molecule has 0 aliphatic carbocycles. The number of thioether (sulfide) groups is 1. The van der Waals surface area contributed by atoms with Crippen molar-refractivity contribution >= 4 is 23.1 Å². The van der Waals surface area contributed by atoms with E-state index in [1.54, 1.807) is 0 Å². The van der Waals surface area contributed by atoms with Crippen LogP contribution in [0, 0.1) is 6.92 Å². The molecular formula is C11H18N2S. The van der Waals surface area contributed by atoms with Crippen LogP contribution >= 0.6 is 11.8 Å². The summed E-state index contributed by atoms with van der Waals surface area (Å²) in [6.07, 6.45) is 2.13. The number of nitrogen functional groups attached to an aromatic ring is 1. The van der Waals surface area contributed by atoms with Gasteiger partial charge in [-0.3, -0.25) is 0 Å². The minimum Gasteiger partial charge on any atom is -0.398 e. The smallest absolute Gasteiger partial charge is 0.0414 e. The van der Waals surface area contributed by atoms with E-state index in [2.05, 4.69) is 31.2 Å². The van der Waals surface area contributed by atoms with Gasteiger partial charge in [0.05, 0.1) is 0 Å². The highest BCUT2D eigenvalue weighted by Gasteiger charge is 2.05. The molecule has 0 heterocycles. The molecule has 0 radical (unpaired) electrons. The molecule has 0 aliphatic heterocycles. The fraction of sp³-hybridized carbons (Fsp3) is 0.455. The summed E-state index contributed by atoms with van der Waals surface area (Å²) in [7, 11) is 2.11. The number of hydrogen-bond donors (Lipinski definition) is 1. The average Bonchev–Trinajstić information content (AvgIpc) is 2.18. The number of rotatable bonds is 4. The standard InChI is InChI=1S/C11H18N2S/c1-9-10(12)5-4-6-11(9)13(2)7-8-14-3/h4-6H,7-8,12H2,1-3H3. The topological polar surface area (TPSA) is 29.3 Å². The molecule has 0 spiro atoms. The van der Waals surface area contributed by atoms with Gasteiger partial charge in [-0.2, -0.15) is 11.8 Å². The predicted octanol–water partition coefficient (Wildman–Crippen LogP) is 2.38. The second-order valence-corrected chi connectivity index (χ2v) is 4.39. The molecule has 0 saturated heterocycles. The van der Waals surface area contributed by atoms with E-state index in [-0.39, 0.29) is 0 Å². The molecule has 2 N–H and O–H groups in total. The Bertz CT molecular complexity index is 299. The van der Waals surface area contributed by atoms with Gasteiger partial charge < -0.3 is 10.6 Å². The van der Waals surface area contributed by atoms with Crippen molar-refractivity contribution in [2.45, 2.75) is 6.92 Å². The largest absolute Gasteiger partial charge is 0.398 e. The van der Waals surface area contributed by atoms with Crippen LogP contribution in [-0.2, 0) is 0 Å². The minimum atomic E-state index is 0.874. The van der Waals surface area contributed by atoms with Crippen molar-refractivity contribution in [1.29, 1.82) is 0 Å². The predicted molar refractivity (Wildman–Crippen MR) is 67.2 cm³/mol. The molecule has 0 atom stereocenters. The number of anilines is 2. The molecule has 0 aliphatic rings. The maximum absolute atomic E-state index is 5.86. The van der Waals surface area contributed by atoms with Gasteiger partial charge in [0, 0.05) is 30.7 Å². The zero-order valence-electron chi connectivity index (χ0n) is 9.08. The number of benzene rings is 1. The monoisotopic (exact) mass is 210 g/mol. The highest BCUT2D eigenvalue weighted by atomic mass is 32.2. The first-order valence-corrected chi connectivity index (χ1v) is 6.11. The summed E-state index contributed by atoms with van der Waals surface area (Å²) in [5, 5.41) is 0. The van der Waals surface area contributed by atoms with Crippen molar-refractivity contribution in [2.75, 3.05) is 36.2 Å². The summed E-state index contributed by atoms with van der Waals surface area (Å²) in [4.78, 5) is 2.25. The molecular weight excluding hydrogens is 192 g/mol. The molecule has 0 aromatic heterocycles. The Kier molecular flexibility index (Phi) is 4.14. The lowest BCUT2D eigenvalue weighted by molar-refractivity contribution is 0.971. The van der Waals surface area contributed by atoms with Crippen LogP contribution in [-0.4, -0.2) is 25.6 Å². The lowest BCUT2D eigenvalue weighted by atomic mass is 10.1. The SMILES string of the molecule is CSCCN(C)c1cccc(N)c1C. The van der Waals surface area contributed by atoms with E-state index in [1.165, 1.54) is 11.3 Å². The summed E-state index contributed by atoms with van der Waals surface area (Å²) < 4.78 is 0. The fourth-order valence-corrected chi connectivity index (χ4v) is 1.86. The second-order valence-electron chi connectivity index (χ2n) is 3.41. The number of nitrogens with zero attached hydrogens (tertiary/aromatic N) is 1. The Morgan fingerprint density at radius 1 is 1.43 bits per heavy atom. The van der Waals surface area contributed by atoms with Crippen LogP contribution in [0.25, 0.3) is 0 Å².